The van der Waals surface area contributed by atoms with E-state index in [4.69, 9.17) is 0 Å². The van der Waals surface area contributed by atoms with Gasteiger partial charge in [0.05, 0.1) is 16.8 Å². The number of hydrogen-bond donors (Lipinski definition) is 1. The first-order valence-corrected chi connectivity index (χ1v) is 9.39. The molecule has 10 heteroatoms. The molecule has 0 atom stereocenters. The monoisotopic (exact) mass is 405 g/mol. The minimum absolute atomic E-state index is 0.0882. The third-order valence-electron chi connectivity index (χ3n) is 4.78. The van der Waals surface area contributed by atoms with Gasteiger partial charge in [0, 0.05) is 50.1 Å². The Labute approximate surface area is 172 Å². The zero-order chi connectivity index (χ0) is 20.9. The molecule has 152 valence electrons. The van der Waals surface area contributed by atoms with E-state index in [1.54, 1.807) is 23.4 Å². The summed E-state index contributed by atoms with van der Waals surface area (Å²) in [6.45, 7) is 2.20. The Bertz CT molecular complexity index is 1040. The Hall–Kier alpha value is -4.08. The van der Waals surface area contributed by atoms with E-state index in [9.17, 15) is 14.9 Å². The van der Waals surface area contributed by atoms with Crippen molar-refractivity contribution in [2.24, 2.45) is 0 Å². The molecule has 1 saturated heterocycles. The number of hydrogen-bond acceptors (Lipinski definition) is 8. The average Bonchev–Trinajstić information content (AvgIpc) is 2.80. The van der Waals surface area contributed by atoms with Gasteiger partial charge >= 0.3 is 0 Å². The molecule has 1 fully saturated rings. The maximum absolute atomic E-state index is 12.7. The van der Waals surface area contributed by atoms with Gasteiger partial charge in [0.25, 0.3) is 11.6 Å². The van der Waals surface area contributed by atoms with Gasteiger partial charge < -0.3 is 15.1 Å². The van der Waals surface area contributed by atoms with E-state index in [-0.39, 0.29) is 11.6 Å². The largest absolute Gasteiger partial charge is 0.352 e. The van der Waals surface area contributed by atoms with Crippen LogP contribution in [0.3, 0.4) is 0 Å². The number of amides is 1. The first kappa shape index (κ1) is 19.2. The highest BCUT2D eigenvalue weighted by Gasteiger charge is 2.24. The molecule has 30 heavy (non-hydrogen) atoms. The summed E-state index contributed by atoms with van der Waals surface area (Å²) in [7, 11) is 0. The standard InChI is InChI=1S/C20H19N7O3/c28-20(15-3-1-5-17(13-15)27(29)30)26-11-9-25(10-12-26)19-7-6-18(23-24-19)22-16-4-2-8-21-14-16/h1-8,13-14H,9-12H2,(H,22,23). The normalized spacial score (nSPS) is 13.7. The summed E-state index contributed by atoms with van der Waals surface area (Å²) in [6.07, 6.45) is 3.40. The fraction of sp³-hybridized carbons (Fsp3) is 0.200. The quantitative estimate of drug-likeness (QED) is 0.508. The van der Waals surface area contributed by atoms with E-state index in [1.807, 2.05) is 24.3 Å². The molecule has 1 amide bonds. The lowest BCUT2D eigenvalue weighted by Gasteiger charge is -2.35. The van der Waals surface area contributed by atoms with Gasteiger partial charge in [-0.05, 0) is 30.3 Å². The summed E-state index contributed by atoms with van der Waals surface area (Å²) in [5.74, 6) is 1.14. The van der Waals surface area contributed by atoms with Crippen LogP contribution in [0.4, 0.5) is 23.0 Å². The number of benzene rings is 1. The minimum Gasteiger partial charge on any atom is -0.352 e. The third kappa shape index (κ3) is 4.32. The lowest BCUT2D eigenvalue weighted by atomic mass is 10.1. The summed E-state index contributed by atoms with van der Waals surface area (Å²) in [5, 5.41) is 22.5. The second-order valence-corrected chi connectivity index (χ2v) is 6.73. The number of nitro groups is 1. The molecule has 1 N–H and O–H groups in total. The van der Waals surface area contributed by atoms with Crippen LogP contribution in [0.1, 0.15) is 10.4 Å². The molecule has 2 aromatic heterocycles. The Balaban J connectivity index is 1.35. The average molecular weight is 405 g/mol. The topological polar surface area (TPSA) is 117 Å². The van der Waals surface area contributed by atoms with Crippen LogP contribution in [0.25, 0.3) is 0 Å². The van der Waals surface area contributed by atoms with E-state index < -0.39 is 4.92 Å². The zero-order valence-electron chi connectivity index (χ0n) is 16.0. The smallest absolute Gasteiger partial charge is 0.270 e. The number of carbonyl (C=O) groups excluding carboxylic acids is 1. The van der Waals surface area contributed by atoms with Crippen molar-refractivity contribution in [3.8, 4) is 0 Å². The SMILES string of the molecule is O=C(c1cccc([N+](=O)[O-])c1)N1CCN(c2ccc(Nc3cccnc3)nn2)CC1. The number of anilines is 3. The van der Waals surface area contributed by atoms with Crippen molar-refractivity contribution in [3.63, 3.8) is 0 Å². The van der Waals surface area contributed by atoms with Gasteiger partial charge in [-0.1, -0.05) is 6.07 Å². The molecule has 0 unspecified atom stereocenters. The minimum atomic E-state index is -0.500. The number of nitrogens with zero attached hydrogens (tertiary/aromatic N) is 6. The number of non-ortho nitro benzene ring substituents is 1. The van der Waals surface area contributed by atoms with Crippen LogP contribution in [0.2, 0.25) is 0 Å². The number of carbonyl (C=O) groups is 1. The van der Waals surface area contributed by atoms with Crippen molar-refractivity contribution in [1.82, 2.24) is 20.1 Å². The summed E-state index contributed by atoms with van der Waals surface area (Å²) in [4.78, 5) is 30.9. The van der Waals surface area contributed by atoms with Crippen molar-refractivity contribution in [1.29, 1.82) is 0 Å². The van der Waals surface area contributed by atoms with Crippen LogP contribution in [-0.2, 0) is 0 Å². The highest BCUT2D eigenvalue weighted by molar-refractivity contribution is 5.95. The van der Waals surface area contributed by atoms with E-state index in [2.05, 4.69) is 25.4 Å². The second kappa shape index (κ2) is 8.52. The fourth-order valence-corrected chi connectivity index (χ4v) is 3.22. The van der Waals surface area contributed by atoms with Crippen molar-refractivity contribution >= 4 is 28.9 Å². The molecule has 0 saturated carbocycles. The molecule has 3 aromatic rings. The van der Waals surface area contributed by atoms with Crippen LogP contribution in [0.15, 0.2) is 60.9 Å². The van der Waals surface area contributed by atoms with E-state index in [0.29, 0.717) is 37.6 Å². The molecule has 0 radical (unpaired) electrons. The highest BCUT2D eigenvalue weighted by Crippen LogP contribution is 2.19. The van der Waals surface area contributed by atoms with Crippen LogP contribution in [0.5, 0.6) is 0 Å². The molecule has 4 rings (SSSR count). The predicted molar refractivity (Wildman–Crippen MR) is 111 cm³/mol. The van der Waals surface area contributed by atoms with Gasteiger partial charge in [0.15, 0.2) is 11.6 Å². The third-order valence-corrected chi connectivity index (χ3v) is 4.78. The highest BCUT2D eigenvalue weighted by atomic mass is 16.6. The molecule has 1 aromatic carbocycles. The maximum Gasteiger partial charge on any atom is 0.270 e. The Morgan fingerprint density at radius 3 is 2.53 bits per heavy atom. The number of nitro benzene ring substituents is 1. The maximum atomic E-state index is 12.7. The summed E-state index contributed by atoms with van der Waals surface area (Å²) in [6, 6.07) is 13.3. The number of aromatic nitrogens is 3. The summed E-state index contributed by atoms with van der Waals surface area (Å²) < 4.78 is 0. The molecule has 0 aliphatic carbocycles. The fourth-order valence-electron chi connectivity index (χ4n) is 3.22. The number of pyridine rings is 1. The molecule has 0 bridgehead atoms. The number of nitrogens with one attached hydrogen (secondary N) is 1. The summed E-state index contributed by atoms with van der Waals surface area (Å²) >= 11 is 0. The van der Waals surface area contributed by atoms with E-state index in [1.165, 1.54) is 18.2 Å². The van der Waals surface area contributed by atoms with Crippen LogP contribution >= 0.6 is 0 Å². The van der Waals surface area contributed by atoms with E-state index >= 15 is 0 Å². The zero-order valence-corrected chi connectivity index (χ0v) is 16.0. The molecule has 1 aliphatic heterocycles. The van der Waals surface area contributed by atoms with Gasteiger partial charge in [-0.3, -0.25) is 19.9 Å². The summed E-state index contributed by atoms with van der Waals surface area (Å²) in [5.41, 5.74) is 1.06. The van der Waals surface area contributed by atoms with Crippen molar-refractivity contribution < 1.29 is 9.72 Å². The van der Waals surface area contributed by atoms with E-state index in [0.717, 1.165) is 11.5 Å². The lowest BCUT2D eigenvalue weighted by Crippen LogP contribution is -2.49. The molecule has 0 spiro atoms. The molecule has 10 nitrogen and oxygen atoms in total. The van der Waals surface area contributed by atoms with Gasteiger partial charge in [-0.15, -0.1) is 10.2 Å². The number of piperazine rings is 1. The predicted octanol–water partition coefficient (Wildman–Crippen LogP) is 2.49. The molecular formula is C20H19N7O3. The molecule has 3 heterocycles. The Kier molecular flexibility index (Phi) is 5.46. The van der Waals surface area contributed by atoms with Crippen LogP contribution in [0, 0.1) is 10.1 Å². The number of rotatable bonds is 5. The first-order valence-electron chi connectivity index (χ1n) is 9.39. The van der Waals surface area contributed by atoms with Crippen LogP contribution < -0.4 is 10.2 Å². The Morgan fingerprint density at radius 2 is 1.87 bits per heavy atom. The van der Waals surface area contributed by atoms with Gasteiger partial charge in [0.2, 0.25) is 0 Å². The van der Waals surface area contributed by atoms with Gasteiger partial charge in [0.1, 0.15) is 0 Å². The first-order chi connectivity index (χ1) is 14.6. The van der Waals surface area contributed by atoms with Crippen LogP contribution in [-0.4, -0.2) is 57.1 Å². The second-order valence-electron chi connectivity index (χ2n) is 6.73. The lowest BCUT2D eigenvalue weighted by molar-refractivity contribution is -0.384. The van der Waals surface area contributed by atoms with Gasteiger partial charge in [-0.25, -0.2) is 0 Å². The van der Waals surface area contributed by atoms with Crippen molar-refractivity contribution in [3.05, 3.63) is 76.6 Å². The molecular weight excluding hydrogens is 386 g/mol. The Morgan fingerprint density at radius 1 is 1.03 bits per heavy atom. The van der Waals surface area contributed by atoms with Gasteiger partial charge in [-0.2, -0.15) is 0 Å². The molecule has 1 aliphatic rings. The van der Waals surface area contributed by atoms with Crippen molar-refractivity contribution in [2.45, 2.75) is 0 Å². The van der Waals surface area contributed by atoms with Crippen molar-refractivity contribution in [2.75, 3.05) is 36.4 Å².